The zero-order chi connectivity index (χ0) is 17.3. The molecule has 0 radical (unpaired) electrons. The summed E-state index contributed by atoms with van der Waals surface area (Å²) in [4.78, 5) is 16.3. The molecule has 3 rings (SSSR count). The Morgan fingerprint density at radius 1 is 1.33 bits per heavy atom. The van der Waals surface area contributed by atoms with Crippen molar-refractivity contribution in [1.29, 1.82) is 0 Å². The van der Waals surface area contributed by atoms with Crippen LogP contribution in [-0.4, -0.2) is 30.6 Å². The summed E-state index contributed by atoms with van der Waals surface area (Å²) in [6.45, 7) is 3.10. The van der Waals surface area contributed by atoms with Gasteiger partial charge in [-0.15, -0.1) is 0 Å². The maximum atomic E-state index is 12.5. The molecule has 1 atom stereocenters. The summed E-state index contributed by atoms with van der Waals surface area (Å²) in [5, 5.41) is 1.63. The lowest BCUT2D eigenvalue weighted by Crippen LogP contribution is -2.39. The lowest BCUT2D eigenvalue weighted by Gasteiger charge is -2.12. The van der Waals surface area contributed by atoms with E-state index in [0.29, 0.717) is 17.3 Å². The largest absolute Gasteiger partial charge is 0.441 e. The molecule has 7 heteroatoms. The van der Waals surface area contributed by atoms with Crippen molar-refractivity contribution in [3.63, 3.8) is 0 Å². The van der Waals surface area contributed by atoms with Gasteiger partial charge in [-0.05, 0) is 38.8 Å². The lowest BCUT2D eigenvalue weighted by molar-refractivity contribution is -0.120. The van der Waals surface area contributed by atoms with E-state index in [9.17, 15) is 13.2 Å². The van der Waals surface area contributed by atoms with Crippen LogP contribution in [0.15, 0.2) is 34.7 Å². The van der Waals surface area contributed by atoms with Crippen LogP contribution in [0.2, 0.25) is 0 Å². The van der Waals surface area contributed by atoms with E-state index in [4.69, 9.17) is 4.42 Å². The summed E-state index contributed by atoms with van der Waals surface area (Å²) in [5.74, 6) is 0.0802. The smallest absolute Gasteiger partial charge is 0.238 e. The Labute approximate surface area is 141 Å². The first kappa shape index (κ1) is 16.7. The molecular weight excluding hydrogens is 328 g/mol. The predicted octanol–water partition coefficient (Wildman–Crippen LogP) is 2.23. The molecule has 1 fully saturated rings. The summed E-state index contributed by atoms with van der Waals surface area (Å²) in [5.41, 5.74) is 1.13. The van der Waals surface area contributed by atoms with Crippen LogP contribution in [-0.2, 0) is 20.4 Å². The second kappa shape index (κ2) is 6.39. The van der Waals surface area contributed by atoms with Gasteiger partial charge in [0.05, 0.1) is 11.4 Å². The fourth-order valence-corrected chi connectivity index (χ4v) is 3.58. The number of carbonyl (C=O) groups excluding carboxylic acids is 1. The first-order chi connectivity index (χ1) is 11.4. The number of benzene rings is 1. The average Bonchev–Trinajstić information content (AvgIpc) is 3.30. The minimum absolute atomic E-state index is 0.133. The van der Waals surface area contributed by atoms with Crippen LogP contribution in [0.1, 0.15) is 31.2 Å². The van der Waals surface area contributed by atoms with Gasteiger partial charge in [-0.25, -0.2) is 13.4 Å². The Hall–Kier alpha value is -2.15. The highest BCUT2D eigenvalue weighted by molar-refractivity contribution is 7.92. The third-order valence-corrected chi connectivity index (χ3v) is 6.05. The maximum absolute atomic E-state index is 12.5. The van der Waals surface area contributed by atoms with E-state index in [1.165, 1.54) is 6.92 Å². The topological polar surface area (TPSA) is 89.3 Å². The standard InChI is InChI=1S/C17H20N2O4S/c1-11-15(19-17(23-11)13-6-4-3-5-7-13)10-24(21,22)12(2)16(20)18-14-8-9-14/h3-7,12,14H,8-10H2,1-2H3,(H,18,20)/t12-/m0/s1. The number of aromatic nitrogens is 1. The van der Waals surface area contributed by atoms with Gasteiger partial charge in [-0.3, -0.25) is 4.79 Å². The fourth-order valence-electron chi connectivity index (χ4n) is 2.29. The molecule has 1 aliphatic rings. The molecule has 1 N–H and O–H groups in total. The number of hydrogen-bond acceptors (Lipinski definition) is 5. The number of amides is 1. The van der Waals surface area contributed by atoms with Gasteiger partial charge in [0.25, 0.3) is 0 Å². The molecule has 128 valence electrons. The normalized spacial score (nSPS) is 15.9. The van der Waals surface area contributed by atoms with Gasteiger partial charge in [0.2, 0.25) is 11.8 Å². The average molecular weight is 348 g/mol. The van der Waals surface area contributed by atoms with Gasteiger partial charge in [0.1, 0.15) is 11.0 Å². The highest BCUT2D eigenvalue weighted by Gasteiger charge is 2.33. The van der Waals surface area contributed by atoms with E-state index in [1.54, 1.807) is 6.92 Å². The first-order valence-electron chi connectivity index (χ1n) is 7.90. The number of aryl methyl sites for hydroxylation is 1. The fraction of sp³-hybridized carbons (Fsp3) is 0.412. The molecule has 0 spiro atoms. The van der Waals surface area contributed by atoms with Crippen molar-refractivity contribution < 1.29 is 17.6 Å². The summed E-state index contributed by atoms with van der Waals surface area (Å²) in [7, 11) is -3.66. The molecule has 6 nitrogen and oxygen atoms in total. The van der Waals surface area contributed by atoms with Crippen molar-refractivity contribution in [2.75, 3.05) is 0 Å². The zero-order valence-electron chi connectivity index (χ0n) is 13.7. The zero-order valence-corrected chi connectivity index (χ0v) is 14.5. The number of nitrogens with one attached hydrogen (secondary N) is 1. The number of oxazole rings is 1. The predicted molar refractivity (Wildman–Crippen MR) is 89.9 cm³/mol. The molecule has 1 aromatic heterocycles. The molecule has 0 aliphatic heterocycles. The highest BCUT2D eigenvalue weighted by Crippen LogP contribution is 2.24. The van der Waals surface area contributed by atoms with Crippen LogP contribution in [0, 0.1) is 6.92 Å². The Balaban J connectivity index is 1.77. The number of sulfone groups is 1. The van der Waals surface area contributed by atoms with E-state index in [2.05, 4.69) is 10.3 Å². The highest BCUT2D eigenvalue weighted by atomic mass is 32.2. The molecule has 1 aromatic carbocycles. The Morgan fingerprint density at radius 3 is 2.62 bits per heavy atom. The molecule has 1 saturated carbocycles. The summed E-state index contributed by atoms with van der Waals surface area (Å²) < 4.78 is 30.6. The van der Waals surface area contributed by atoms with Gasteiger partial charge < -0.3 is 9.73 Å². The van der Waals surface area contributed by atoms with Gasteiger partial charge in [0, 0.05) is 11.6 Å². The van der Waals surface area contributed by atoms with Crippen molar-refractivity contribution >= 4 is 15.7 Å². The van der Waals surface area contributed by atoms with Crippen LogP contribution in [0.4, 0.5) is 0 Å². The van der Waals surface area contributed by atoms with Crippen molar-refractivity contribution in [2.45, 2.75) is 43.7 Å². The number of hydrogen-bond donors (Lipinski definition) is 1. The Kier molecular flexibility index (Phi) is 4.45. The van der Waals surface area contributed by atoms with Gasteiger partial charge in [-0.2, -0.15) is 0 Å². The van der Waals surface area contributed by atoms with Gasteiger partial charge in [-0.1, -0.05) is 18.2 Å². The molecular formula is C17H20N2O4S. The molecule has 0 saturated heterocycles. The SMILES string of the molecule is Cc1oc(-c2ccccc2)nc1CS(=O)(=O)[C@@H](C)C(=O)NC1CC1. The molecule has 0 unspecified atom stereocenters. The summed E-state index contributed by atoms with van der Waals surface area (Å²) >= 11 is 0. The van der Waals surface area contributed by atoms with E-state index in [1.807, 2.05) is 30.3 Å². The molecule has 1 aliphatic carbocycles. The molecule has 1 heterocycles. The van der Waals surface area contributed by atoms with Crippen LogP contribution in [0.5, 0.6) is 0 Å². The number of carbonyl (C=O) groups is 1. The summed E-state index contributed by atoms with van der Waals surface area (Å²) in [6.07, 6.45) is 1.84. The van der Waals surface area contributed by atoms with E-state index >= 15 is 0 Å². The van der Waals surface area contributed by atoms with Gasteiger partial charge in [0.15, 0.2) is 9.84 Å². The van der Waals surface area contributed by atoms with Crippen molar-refractivity contribution in [1.82, 2.24) is 10.3 Å². The second-order valence-electron chi connectivity index (χ2n) is 6.12. The Bertz CT molecular complexity index is 839. The van der Waals surface area contributed by atoms with Crippen LogP contribution in [0.3, 0.4) is 0 Å². The first-order valence-corrected chi connectivity index (χ1v) is 9.62. The van der Waals surface area contributed by atoms with Crippen molar-refractivity contribution in [2.24, 2.45) is 0 Å². The molecule has 2 aromatic rings. The van der Waals surface area contributed by atoms with E-state index in [-0.39, 0.29) is 11.8 Å². The molecule has 1 amide bonds. The second-order valence-corrected chi connectivity index (χ2v) is 8.44. The maximum Gasteiger partial charge on any atom is 0.238 e. The molecule has 0 bridgehead atoms. The van der Waals surface area contributed by atoms with E-state index < -0.39 is 21.0 Å². The monoisotopic (exact) mass is 348 g/mol. The quantitative estimate of drug-likeness (QED) is 0.865. The van der Waals surface area contributed by atoms with E-state index in [0.717, 1.165) is 18.4 Å². The third-order valence-electron chi connectivity index (χ3n) is 4.08. The minimum Gasteiger partial charge on any atom is -0.441 e. The lowest BCUT2D eigenvalue weighted by atomic mass is 10.2. The summed E-state index contributed by atoms with van der Waals surface area (Å²) in [6, 6.07) is 9.41. The minimum atomic E-state index is -3.66. The molecule has 24 heavy (non-hydrogen) atoms. The third kappa shape index (κ3) is 3.67. The van der Waals surface area contributed by atoms with Gasteiger partial charge >= 0.3 is 0 Å². The van der Waals surface area contributed by atoms with Crippen molar-refractivity contribution in [3.8, 4) is 11.5 Å². The number of nitrogens with zero attached hydrogens (tertiary/aromatic N) is 1. The Morgan fingerprint density at radius 2 is 2.00 bits per heavy atom. The van der Waals surface area contributed by atoms with Crippen LogP contribution < -0.4 is 5.32 Å². The number of rotatable bonds is 6. The van der Waals surface area contributed by atoms with Crippen LogP contribution >= 0.6 is 0 Å². The van der Waals surface area contributed by atoms with Crippen molar-refractivity contribution in [3.05, 3.63) is 41.8 Å². The van der Waals surface area contributed by atoms with Crippen LogP contribution in [0.25, 0.3) is 11.5 Å².